The zero-order valence-electron chi connectivity index (χ0n) is 12.5. The third-order valence-corrected chi connectivity index (χ3v) is 3.67. The van der Waals surface area contributed by atoms with Gasteiger partial charge in [0.1, 0.15) is 5.75 Å². The molecule has 20 heavy (non-hydrogen) atoms. The first-order chi connectivity index (χ1) is 9.74. The molecule has 1 heterocycles. The Bertz CT molecular complexity index is 409. The van der Waals surface area contributed by atoms with Crippen molar-refractivity contribution in [1.82, 2.24) is 4.90 Å². The molecule has 4 nitrogen and oxygen atoms in total. The second kappa shape index (κ2) is 7.62. The van der Waals surface area contributed by atoms with Crippen molar-refractivity contribution in [2.24, 2.45) is 5.73 Å². The van der Waals surface area contributed by atoms with Crippen LogP contribution in [0, 0.1) is 0 Å². The molecule has 0 spiro atoms. The largest absolute Gasteiger partial charge is 0.494 e. The van der Waals surface area contributed by atoms with Crippen molar-refractivity contribution in [3.63, 3.8) is 0 Å². The zero-order valence-corrected chi connectivity index (χ0v) is 12.5. The van der Waals surface area contributed by atoms with E-state index in [9.17, 15) is 0 Å². The maximum atomic E-state index is 6.39. The van der Waals surface area contributed by atoms with Gasteiger partial charge >= 0.3 is 0 Å². The Hall–Kier alpha value is -1.10. The summed E-state index contributed by atoms with van der Waals surface area (Å²) in [5, 5.41) is 0. The number of hydrogen-bond donors (Lipinski definition) is 1. The van der Waals surface area contributed by atoms with E-state index in [-0.39, 0.29) is 12.1 Å². The van der Waals surface area contributed by atoms with Crippen LogP contribution in [0.25, 0.3) is 0 Å². The number of hydrogen-bond acceptors (Lipinski definition) is 4. The van der Waals surface area contributed by atoms with Gasteiger partial charge in [-0.1, -0.05) is 19.1 Å². The third kappa shape index (κ3) is 3.95. The Balaban J connectivity index is 2.02. The standard InChI is InChI=1S/C16H26N2O2/c1-3-8-18-9-10-20-15(12-18)16(17)13-6-5-7-14(11-13)19-4-2/h5-7,11,15-16H,3-4,8-10,12,17H2,1-2H3. The normalized spacial score (nSPS) is 21.6. The molecule has 1 fully saturated rings. The minimum Gasteiger partial charge on any atom is -0.494 e. The molecule has 0 amide bonds. The molecule has 0 saturated carbocycles. The lowest BCUT2D eigenvalue weighted by molar-refractivity contribution is -0.0408. The molecule has 2 N–H and O–H groups in total. The molecule has 4 heteroatoms. The van der Waals surface area contributed by atoms with Gasteiger partial charge in [-0.05, 0) is 37.6 Å². The van der Waals surface area contributed by atoms with Crippen LogP contribution in [0.1, 0.15) is 31.9 Å². The van der Waals surface area contributed by atoms with E-state index in [1.165, 1.54) is 6.42 Å². The first-order valence-electron chi connectivity index (χ1n) is 7.57. The van der Waals surface area contributed by atoms with E-state index in [1.54, 1.807) is 0 Å². The van der Waals surface area contributed by atoms with Gasteiger partial charge in [-0.25, -0.2) is 0 Å². The van der Waals surface area contributed by atoms with E-state index in [2.05, 4.69) is 17.9 Å². The Morgan fingerprint density at radius 1 is 1.45 bits per heavy atom. The molecule has 1 saturated heterocycles. The van der Waals surface area contributed by atoms with Crippen LogP contribution >= 0.6 is 0 Å². The van der Waals surface area contributed by atoms with E-state index in [1.807, 2.05) is 25.1 Å². The van der Waals surface area contributed by atoms with Crippen LogP contribution in [0.5, 0.6) is 5.75 Å². The second-order valence-corrected chi connectivity index (χ2v) is 5.24. The second-order valence-electron chi connectivity index (χ2n) is 5.24. The number of ether oxygens (including phenoxy) is 2. The van der Waals surface area contributed by atoms with Gasteiger partial charge in [-0.15, -0.1) is 0 Å². The molecule has 1 aromatic rings. The lowest BCUT2D eigenvalue weighted by Gasteiger charge is -2.35. The summed E-state index contributed by atoms with van der Waals surface area (Å²) in [7, 11) is 0. The van der Waals surface area contributed by atoms with Crippen LogP contribution in [-0.2, 0) is 4.74 Å². The van der Waals surface area contributed by atoms with Gasteiger partial charge < -0.3 is 15.2 Å². The van der Waals surface area contributed by atoms with E-state index in [0.717, 1.165) is 37.6 Å². The molecule has 1 aliphatic rings. The van der Waals surface area contributed by atoms with Gasteiger partial charge in [-0.3, -0.25) is 4.90 Å². The lowest BCUT2D eigenvalue weighted by Crippen LogP contribution is -2.47. The predicted molar refractivity (Wildman–Crippen MR) is 81.0 cm³/mol. The smallest absolute Gasteiger partial charge is 0.119 e. The molecule has 1 aliphatic heterocycles. The third-order valence-electron chi connectivity index (χ3n) is 3.67. The van der Waals surface area contributed by atoms with E-state index < -0.39 is 0 Å². The van der Waals surface area contributed by atoms with Gasteiger partial charge in [0.05, 0.1) is 25.4 Å². The first kappa shape index (κ1) is 15.3. The highest BCUT2D eigenvalue weighted by Gasteiger charge is 2.26. The maximum Gasteiger partial charge on any atom is 0.119 e. The summed E-state index contributed by atoms with van der Waals surface area (Å²) >= 11 is 0. The number of benzene rings is 1. The van der Waals surface area contributed by atoms with Crippen molar-refractivity contribution in [3.05, 3.63) is 29.8 Å². The highest BCUT2D eigenvalue weighted by Crippen LogP contribution is 2.23. The van der Waals surface area contributed by atoms with Gasteiger partial charge in [0.25, 0.3) is 0 Å². The van der Waals surface area contributed by atoms with Gasteiger partial charge in [0.2, 0.25) is 0 Å². The van der Waals surface area contributed by atoms with E-state index in [0.29, 0.717) is 6.61 Å². The molecule has 0 aromatic heterocycles. The average Bonchev–Trinajstić information content (AvgIpc) is 2.48. The Kier molecular flexibility index (Phi) is 5.83. The topological polar surface area (TPSA) is 47.7 Å². The minimum atomic E-state index is -0.102. The summed E-state index contributed by atoms with van der Waals surface area (Å²) in [6, 6.07) is 7.93. The summed E-state index contributed by atoms with van der Waals surface area (Å²) < 4.78 is 11.4. The van der Waals surface area contributed by atoms with Crippen molar-refractivity contribution in [2.45, 2.75) is 32.4 Å². The number of nitrogens with zero attached hydrogens (tertiary/aromatic N) is 1. The maximum absolute atomic E-state index is 6.39. The van der Waals surface area contributed by atoms with Crippen molar-refractivity contribution in [1.29, 1.82) is 0 Å². The Labute approximate surface area is 121 Å². The Morgan fingerprint density at radius 3 is 3.05 bits per heavy atom. The summed E-state index contributed by atoms with van der Waals surface area (Å²) in [4.78, 5) is 2.43. The van der Waals surface area contributed by atoms with E-state index in [4.69, 9.17) is 15.2 Å². The minimum absolute atomic E-state index is 0.0622. The summed E-state index contributed by atoms with van der Waals surface area (Å²) in [6.45, 7) is 8.66. The van der Waals surface area contributed by atoms with Crippen molar-refractivity contribution in [3.8, 4) is 5.75 Å². The van der Waals surface area contributed by atoms with Crippen LogP contribution in [-0.4, -0.2) is 43.9 Å². The lowest BCUT2D eigenvalue weighted by atomic mass is 10.0. The van der Waals surface area contributed by atoms with Crippen LogP contribution in [0.15, 0.2) is 24.3 Å². The fourth-order valence-electron chi connectivity index (χ4n) is 2.66. The summed E-state index contributed by atoms with van der Waals surface area (Å²) in [5.41, 5.74) is 7.47. The number of rotatable bonds is 6. The average molecular weight is 278 g/mol. The van der Waals surface area contributed by atoms with Crippen LogP contribution in [0.2, 0.25) is 0 Å². The molecule has 112 valence electrons. The Morgan fingerprint density at radius 2 is 2.30 bits per heavy atom. The van der Waals surface area contributed by atoms with Crippen molar-refractivity contribution >= 4 is 0 Å². The molecule has 1 aromatic carbocycles. The molecule has 0 radical (unpaired) electrons. The van der Waals surface area contributed by atoms with Crippen molar-refractivity contribution in [2.75, 3.05) is 32.8 Å². The number of nitrogens with two attached hydrogens (primary N) is 1. The van der Waals surface area contributed by atoms with Gasteiger partial charge in [-0.2, -0.15) is 0 Å². The molecule has 0 aliphatic carbocycles. The van der Waals surface area contributed by atoms with Crippen LogP contribution < -0.4 is 10.5 Å². The monoisotopic (exact) mass is 278 g/mol. The summed E-state index contributed by atoms with van der Waals surface area (Å²) in [6.07, 6.45) is 1.23. The fourth-order valence-corrected chi connectivity index (χ4v) is 2.66. The molecule has 0 bridgehead atoms. The molecule has 2 unspecified atom stereocenters. The first-order valence-corrected chi connectivity index (χ1v) is 7.57. The zero-order chi connectivity index (χ0) is 14.4. The van der Waals surface area contributed by atoms with Gasteiger partial charge in [0, 0.05) is 13.1 Å². The summed E-state index contributed by atoms with van der Waals surface area (Å²) in [5.74, 6) is 0.877. The van der Waals surface area contributed by atoms with Gasteiger partial charge in [0.15, 0.2) is 0 Å². The molecule has 2 rings (SSSR count). The predicted octanol–water partition coefficient (Wildman–Crippen LogP) is 2.20. The number of morpholine rings is 1. The molecular weight excluding hydrogens is 252 g/mol. The fraction of sp³-hybridized carbons (Fsp3) is 0.625. The molecule has 2 atom stereocenters. The van der Waals surface area contributed by atoms with Crippen LogP contribution in [0.3, 0.4) is 0 Å². The molecular formula is C16H26N2O2. The van der Waals surface area contributed by atoms with Crippen molar-refractivity contribution < 1.29 is 9.47 Å². The highest BCUT2D eigenvalue weighted by molar-refractivity contribution is 5.31. The SMILES string of the molecule is CCCN1CCOC(C(N)c2cccc(OCC)c2)C1. The quantitative estimate of drug-likeness (QED) is 0.866. The van der Waals surface area contributed by atoms with E-state index >= 15 is 0 Å². The van der Waals surface area contributed by atoms with Crippen LogP contribution in [0.4, 0.5) is 0 Å². The highest BCUT2D eigenvalue weighted by atomic mass is 16.5.